The number of aryl methyl sites for hydroxylation is 1. The molecule has 2 aliphatic heterocycles. The first kappa shape index (κ1) is 22.1. The maximum absolute atomic E-state index is 13.2. The summed E-state index contributed by atoms with van der Waals surface area (Å²) < 4.78 is 0. The van der Waals surface area contributed by atoms with Crippen molar-refractivity contribution in [3.8, 4) is 6.07 Å². The normalized spacial score (nSPS) is 25.0. The van der Waals surface area contributed by atoms with E-state index in [4.69, 9.17) is 4.98 Å². The van der Waals surface area contributed by atoms with E-state index in [2.05, 4.69) is 23.1 Å². The molecule has 2 fully saturated rings. The summed E-state index contributed by atoms with van der Waals surface area (Å²) in [5, 5.41) is 20.4. The van der Waals surface area contributed by atoms with Crippen LogP contribution in [0, 0.1) is 18.3 Å². The van der Waals surface area contributed by atoms with Crippen molar-refractivity contribution in [1.82, 2.24) is 14.8 Å². The number of nitriles is 1. The molecule has 172 valence electrons. The van der Waals surface area contributed by atoms with Gasteiger partial charge in [-0.2, -0.15) is 5.26 Å². The lowest BCUT2D eigenvalue weighted by molar-refractivity contribution is 0.0189. The quantitative estimate of drug-likeness (QED) is 0.778. The zero-order chi connectivity index (χ0) is 23.0. The van der Waals surface area contributed by atoms with Crippen molar-refractivity contribution < 1.29 is 9.90 Å². The second-order valence-electron chi connectivity index (χ2n) is 9.92. The Morgan fingerprint density at radius 1 is 1.18 bits per heavy atom. The first-order valence-corrected chi connectivity index (χ1v) is 12.2. The molecule has 2 aromatic rings. The molecule has 5 rings (SSSR count). The number of piperidine rings is 1. The van der Waals surface area contributed by atoms with Crippen LogP contribution in [0.25, 0.3) is 0 Å². The molecule has 3 aliphatic rings. The lowest BCUT2D eigenvalue weighted by Crippen LogP contribution is -2.45. The Balaban J connectivity index is 1.29. The molecule has 1 aromatic carbocycles. The number of carbonyl (C=O) groups excluding carboxylic acids is 1. The zero-order valence-electron chi connectivity index (χ0n) is 19.3. The number of hydrogen-bond donors (Lipinski definition) is 1. The van der Waals surface area contributed by atoms with Gasteiger partial charge in [0.2, 0.25) is 0 Å². The predicted molar refractivity (Wildman–Crippen MR) is 125 cm³/mol. The van der Waals surface area contributed by atoms with Gasteiger partial charge < -0.3 is 10.0 Å². The maximum atomic E-state index is 13.2. The first-order valence-electron chi connectivity index (χ1n) is 12.2. The van der Waals surface area contributed by atoms with Crippen LogP contribution in [0.5, 0.6) is 0 Å². The smallest absolute Gasteiger partial charge is 0.256 e. The van der Waals surface area contributed by atoms with Crippen LogP contribution in [-0.4, -0.2) is 51.0 Å². The number of likely N-dealkylation sites (tertiary alicyclic amines) is 1. The van der Waals surface area contributed by atoms with E-state index in [0.29, 0.717) is 12.1 Å². The van der Waals surface area contributed by atoms with Crippen molar-refractivity contribution >= 4 is 5.91 Å². The molecule has 1 amide bonds. The topological polar surface area (TPSA) is 80.5 Å². The fourth-order valence-corrected chi connectivity index (χ4v) is 5.83. The number of rotatable bonds is 4. The molecular formula is C27H32N4O2. The number of pyridine rings is 1. The highest BCUT2D eigenvalue weighted by atomic mass is 16.3. The molecule has 0 spiro atoms. The van der Waals surface area contributed by atoms with Gasteiger partial charge in [0.25, 0.3) is 5.91 Å². The van der Waals surface area contributed by atoms with E-state index in [1.165, 1.54) is 0 Å². The van der Waals surface area contributed by atoms with Crippen molar-refractivity contribution in [3.63, 3.8) is 0 Å². The molecule has 0 bridgehead atoms. The molecule has 1 N–H and O–H groups in total. The Labute approximate surface area is 195 Å². The molecular weight excluding hydrogens is 412 g/mol. The van der Waals surface area contributed by atoms with Crippen molar-refractivity contribution in [2.24, 2.45) is 0 Å². The van der Waals surface area contributed by atoms with Crippen LogP contribution in [0.3, 0.4) is 0 Å². The van der Waals surface area contributed by atoms with Gasteiger partial charge >= 0.3 is 0 Å². The number of nitrogens with zero attached hydrogens (tertiary/aromatic N) is 4. The van der Waals surface area contributed by atoms with Crippen LogP contribution < -0.4 is 0 Å². The number of aliphatic hydroxyl groups excluding tert-OH is 1. The van der Waals surface area contributed by atoms with Gasteiger partial charge in [-0.15, -0.1) is 0 Å². The van der Waals surface area contributed by atoms with Crippen LogP contribution in [0.4, 0.5) is 0 Å². The van der Waals surface area contributed by atoms with Crippen LogP contribution in [-0.2, 0) is 18.5 Å². The second-order valence-corrected chi connectivity index (χ2v) is 9.92. The average molecular weight is 445 g/mol. The zero-order valence-corrected chi connectivity index (χ0v) is 19.3. The largest absolute Gasteiger partial charge is 0.391 e. The van der Waals surface area contributed by atoms with Gasteiger partial charge in [0, 0.05) is 25.3 Å². The summed E-state index contributed by atoms with van der Waals surface area (Å²) in [6.07, 6.45) is 4.89. The summed E-state index contributed by atoms with van der Waals surface area (Å²) in [7, 11) is 0. The van der Waals surface area contributed by atoms with Crippen molar-refractivity contribution in [3.05, 3.63) is 64.5 Å². The number of aromatic nitrogens is 1. The SMILES string of the molecule is Cc1nc2c(cc1CN1CCC(C#N)(c3ccccc3)CC1)C(=O)N([C@H]1CCCC[C@@H]1O)C2. The Morgan fingerprint density at radius 3 is 2.61 bits per heavy atom. The summed E-state index contributed by atoms with van der Waals surface area (Å²) in [6.45, 7) is 4.94. The summed E-state index contributed by atoms with van der Waals surface area (Å²) in [4.78, 5) is 22.2. The van der Waals surface area contributed by atoms with Gasteiger partial charge in [-0.3, -0.25) is 14.7 Å². The molecule has 6 heteroatoms. The van der Waals surface area contributed by atoms with Crippen LogP contribution in [0.15, 0.2) is 36.4 Å². The van der Waals surface area contributed by atoms with E-state index in [1.807, 2.05) is 36.1 Å². The number of fused-ring (bicyclic) bond motifs is 1. The highest BCUT2D eigenvalue weighted by Gasteiger charge is 2.39. The third-order valence-electron chi connectivity index (χ3n) is 7.95. The third kappa shape index (κ3) is 4.05. The maximum Gasteiger partial charge on any atom is 0.256 e. The molecule has 6 nitrogen and oxygen atoms in total. The summed E-state index contributed by atoms with van der Waals surface area (Å²) in [5.74, 6) is 0.0101. The second kappa shape index (κ2) is 8.89. The molecule has 1 saturated carbocycles. The van der Waals surface area contributed by atoms with Gasteiger partial charge in [-0.25, -0.2) is 0 Å². The highest BCUT2D eigenvalue weighted by Crippen LogP contribution is 2.36. The number of amides is 1. The molecule has 0 radical (unpaired) electrons. The molecule has 33 heavy (non-hydrogen) atoms. The summed E-state index contributed by atoms with van der Waals surface area (Å²) >= 11 is 0. The standard InChI is InChI=1S/C27H32N4O2/c1-19-20(16-30-13-11-27(18-28,12-14-30)21-7-3-2-4-8-21)15-22-23(29-19)17-31(26(22)33)24-9-5-6-10-25(24)32/h2-4,7-8,15,24-25,32H,5-6,9-14,16-17H2,1H3/t24-,25-/m0/s1. The third-order valence-corrected chi connectivity index (χ3v) is 7.95. The molecule has 0 unspecified atom stereocenters. The van der Waals surface area contributed by atoms with Crippen LogP contribution >= 0.6 is 0 Å². The van der Waals surface area contributed by atoms with Crippen molar-refractivity contribution in [1.29, 1.82) is 5.26 Å². The lowest BCUT2D eigenvalue weighted by Gasteiger charge is -2.37. The predicted octanol–water partition coefficient (Wildman–Crippen LogP) is 3.71. The first-order chi connectivity index (χ1) is 16.0. The molecule has 3 heterocycles. The number of hydrogen-bond acceptors (Lipinski definition) is 5. The van der Waals surface area contributed by atoms with E-state index in [-0.39, 0.29) is 11.9 Å². The number of aliphatic hydroxyl groups is 1. The molecule has 1 aliphatic carbocycles. The van der Waals surface area contributed by atoms with Gasteiger partial charge in [-0.05, 0) is 49.8 Å². The average Bonchev–Trinajstić information content (AvgIpc) is 3.16. The van der Waals surface area contributed by atoms with Gasteiger partial charge in [0.1, 0.15) is 0 Å². The Morgan fingerprint density at radius 2 is 1.91 bits per heavy atom. The van der Waals surface area contributed by atoms with Crippen molar-refractivity contribution in [2.75, 3.05) is 13.1 Å². The minimum Gasteiger partial charge on any atom is -0.391 e. The summed E-state index contributed by atoms with van der Waals surface area (Å²) in [5.41, 5.74) is 4.27. The monoisotopic (exact) mass is 444 g/mol. The minimum atomic E-state index is -0.434. The van der Waals surface area contributed by atoms with E-state index in [1.54, 1.807) is 0 Å². The van der Waals surface area contributed by atoms with Crippen LogP contribution in [0.1, 0.15) is 71.4 Å². The minimum absolute atomic E-state index is 0.0101. The fourth-order valence-electron chi connectivity index (χ4n) is 5.83. The van der Waals surface area contributed by atoms with Crippen molar-refractivity contribution in [2.45, 2.75) is 76.1 Å². The van der Waals surface area contributed by atoms with Gasteiger partial charge in [0.15, 0.2) is 0 Å². The number of carbonyl (C=O) groups is 1. The fraction of sp³-hybridized carbons (Fsp3) is 0.519. The summed E-state index contributed by atoms with van der Waals surface area (Å²) in [6, 6.07) is 14.7. The van der Waals surface area contributed by atoms with Crippen LogP contribution in [0.2, 0.25) is 0 Å². The Kier molecular flexibility index (Phi) is 5.94. The Bertz CT molecular complexity index is 1070. The van der Waals surface area contributed by atoms with E-state index in [0.717, 1.165) is 80.7 Å². The van der Waals surface area contributed by atoms with Gasteiger partial charge in [-0.1, -0.05) is 43.2 Å². The van der Waals surface area contributed by atoms with Gasteiger partial charge in [0.05, 0.1) is 41.4 Å². The van der Waals surface area contributed by atoms with E-state index >= 15 is 0 Å². The molecule has 2 atom stereocenters. The number of benzene rings is 1. The highest BCUT2D eigenvalue weighted by molar-refractivity contribution is 5.98. The van der Waals surface area contributed by atoms with E-state index in [9.17, 15) is 15.2 Å². The lowest BCUT2D eigenvalue weighted by atomic mass is 9.74. The Hall–Kier alpha value is -2.75. The molecule has 1 saturated heterocycles. The molecule has 1 aromatic heterocycles. The van der Waals surface area contributed by atoms with E-state index < -0.39 is 11.5 Å².